The van der Waals surface area contributed by atoms with Crippen LogP contribution in [0.15, 0.2) is 0 Å². The van der Waals surface area contributed by atoms with E-state index in [2.05, 4.69) is 22.6 Å². The number of alkyl halides is 1. The first-order chi connectivity index (χ1) is 4.50. The van der Waals surface area contributed by atoms with Crippen molar-refractivity contribution in [3.8, 4) is 0 Å². The van der Waals surface area contributed by atoms with E-state index in [4.69, 9.17) is 4.55 Å². The molecular formula is C5H9IO3S. The van der Waals surface area contributed by atoms with Crippen molar-refractivity contribution in [2.75, 3.05) is 0 Å². The minimum Gasteiger partial charge on any atom is -0.285 e. The molecule has 1 aliphatic carbocycles. The highest BCUT2D eigenvalue weighted by molar-refractivity contribution is 14.1. The molecule has 5 heteroatoms. The second kappa shape index (κ2) is 2.94. The summed E-state index contributed by atoms with van der Waals surface area (Å²) in [4.78, 5) is 0. The number of rotatable bonds is 1. The quantitative estimate of drug-likeness (QED) is 0.445. The maximum absolute atomic E-state index is 10.5. The zero-order valence-electron chi connectivity index (χ0n) is 5.33. The average molecular weight is 276 g/mol. The van der Waals surface area contributed by atoms with Crippen LogP contribution in [0, 0.1) is 0 Å². The van der Waals surface area contributed by atoms with Gasteiger partial charge in [0, 0.05) is 3.92 Å². The fourth-order valence-corrected chi connectivity index (χ4v) is 3.39. The van der Waals surface area contributed by atoms with Crippen LogP contribution in [-0.2, 0) is 10.1 Å². The maximum Gasteiger partial charge on any atom is 0.267 e. The van der Waals surface area contributed by atoms with Crippen molar-refractivity contribution in [2.45, 2.75) is 28.4 Å². The van der Waals surface area contributed by atoms with Gasteiger partial charge in [-0.2, -0.15) is 8.42 Å². The molecule has 0 spiro atoms. The van der Waals surface area contributed by atoms with Crippen LogP contribution in [0.5, 0.6) is 0 Å². The summed E-state index contributed by atoms with van der Waals surface area (Å²) < 4.78 is 30.1. The van der Waals surface area contributed by atoms with E-state index in [0.717, 1.165) is 6.42 Å². The van der Waals surface area contributed by atoms with Gasteiger partial charge in [0.1, 0.15) is 0 Å². The topological polar surface area (TPSA) is 54.4 Å². The standard InChI is InChI=1S/C5H9IO3S/c6-4-1-2-5(3-4)10(7,8)9/h4-5H,1-3H2,(H,7,8,9). The van der Waals surface area contributed by atoms with E-state index in [-0.39, 0.29) is 0 Å². The molecule has 0 bridgehead atoms. The van der Waals surface area contributed by atoms with Crippen LogP contribution >= 0.6 is 22.6 Å². The summed E-state index contributed by atoms with van der Waals surface area (Å²) >= 11 is 2.21. The van der Waals surface area contributed by atoms with Crippen molar-refractivity contribution in [1.29, 1.82) is 0 Å². The van der Waals surface area contributed by atoms with Crippen LogP contribution in [0.25, 0.3) is 0 Å². The Balaban J connectivity index is 2.62. The predicted octanol–water partition coefficient (Wildman–Crippen LogP) is 1.23. The highest BCUT2D eigenvalue weighted by Crippen LogP contribution is 2.29. The summed E-state index contributed by atoms with van der Waals surface area (Å²) in [5.74, 6) is 0. The van der Waals surface area contributed by atoms with Crippen molar-refractivity contribution in [3.63, 3.8) is 0 Å². The summed E-state index contributed by atoms with van der Waals surface area (Å²) in [6, 6.07) is 0. The number of halogens is 1. The molecule has 0 saturated heterocycles. The van der Waals surface area contributed by atoms with E-state index in [1.54, 1.807) is 0 Å². The van der Waals surface area contributed by atoms with Gasteiger partial charge in [0.15, 0.2) is 0 Å². The molecule has 2 atom stereocenters. The smallest absolute Gasteiger partial charge is 0.267 e. The van der Waals surface area contributed by atoms with E-state index in [9.17, 15) is 8.42 Å². The molecule has 3 nitrogen and oxygen atoms in total. The molecule has 1 N–H and O–H groups in total. The lowest BCUT2D eigenvalue weighted by Gasteiger charge is -2.02. The fourth-order valence-electron chi connectivity index (χ4n) is 1.16. The summed E-state index contributed by atoms with van der Waals surface area (Å²) in [5, 5.41) is -0.491. The molecule has 0 aromatic carbocycles. The molecule has 0 aromatic heterocycles. The first kappa shape index (κ1) is 8.73. The Kier molecular flexibility index (Phi) is 2.57. The van der Waals surface area contributed by atoms with Gasteiger partial charge in [0.25, 0.3) is 10.1 Å². The summed E-state index contributed by atoms with van der Waals surface area (Å²) in [7, 11) is -3.74. The fraction of sp³-hybridized carbons (Fsp3) is 1.00. The van der Waals surface area contributed by atoms with Crippen molar-refractivity contribution in [3.05, 3.63) is 0 Å². The zero-order chi connectivity index (χ0) is 7.78. The Morgan fingerprint density at radius 3 is 2.20 bits per heavy atom. The lowest BCUT2D eigenvalue weighted by Crippen LogP contribution is -2.16. The monoisotopic (exact) mass is 276 g/mol. The zero-order valence-corrected chi connectivity index (χ0v) is 8.30. The molecular weight excluding hydrogens is 267 g/mol. The molecule has 0 amide bonds. The molecule has 1 fully saturated rings. The van der Waals surface area contributed by atoms with E-state index in [1.165, 1.54) is 0 Å². The number of hydrogen-bond acceptors (Lipinski definition) is 2. The number of hydrogen-bond donors (Lipinski definition) is 1. The van der Waals surface area contributed by atoms with Crippen molar-refractivity contribution >= 4 is 32.7 Å². The van der Waals surface area contributed by atoms with Crippen LogP contribution in [0.3, 0.4) is 0 Å². The Bertz CT molecular complexity index is 211. The van der Waals surface area contributed by atoms with E-state index < -0.39 is 15.4 Å². The maximum atomic E-state index is 10.5. The molecule has 0 radical (unpaired) electrons. The SMILES string of the molecule is O=S(=O)(O)C1CCC(I)C1. The van der Waals surface area contributed by atoms with Gasteiger partial charge >= 0.3 is 0 Å². The largest absolute Gasteiger partial charge is 0.285 e. The first-order valence-electron chi connectivity index (χ1n) is 3.10. The summed E-state index contributed by atoms with van der Waals surface area (Å²) in [6.45, 7) is 0. The van der Waals surface area contributed by atoms with Gasteiger partial charge in [0.05, 0.1) is 5.25 Å². The molecule has 0 aromatic rings. The van der Waals surface area contributed by atoms with Gasteiger partial charge in [-0.25, -0.2) is 0 Å². The van der Waals surface area contributed by atoms with E-state index in [1.807, 2.05) is 0 Å². The molecule has 60 valence electrons. The first-order valence-corrected chi connectivity index (χ1v) is 5.85. The normalized spacial score (nSPS) is 34.6. The molecule has 1 saturated carbocycles. The molecule has 10 heavy (non-hydrogen) atoms. The van der Waals surface area contributed by atoms with Gasteiger partial charge < -0.3 is 0 Å². The van der Waals surface area contributed by atoms with Crippen LogP contribution in [0.1, 0.15) is 19.3 Å². The second-order valence-electron chi connectivity index (χ2n) is 2.55. The van der Waals surface area contributed by atoms with Crippen molar-refractivity contribution < 1.29 is 13.0 Å². The Morgan fingerprint density at radius 1 is 1.40 bits per heavy atom. The van der Waals surface area contributed by atoms with Crippen LogP contribution in [-0.4, -0.2) is 22.1 Å². The third-order valence-electron chi connectivity index (χ3n) is 1.74. The molecule has 0 heterocycles. The van der Waals surface area contributed by atoms with Gasteiger partial charge in [-0.15, -0.1) is 0 Å². The third kappa shape index (κ3) is 2.06. The Hall–Kier alpha value is 0.640. The molecule has 1 rings (SSSR count). The van der Waals surface area contributed by atoms with Gasteiger partial charge in [-0.05, 0) is 19.3 Å². The van der Waals surface area contributed by atoms with Crippen LogP contribution < -0.4 is 0 Å². The predicted molar refractivity (Wildman–Crippen MR) is 47.0 cm³/mol. The van der Waals surface area contributed by atoms with Crippen molar-refractivity contribution in [1.82, 2.24) is 0 Å². The minimum atomic E-state index is -3.74. The molecule has 2 unspecified atom stereocenters. The average Bonchev–Trinajstić information content (AvgIpc) is 2.11. The second-order valence-corrected chi connectivity index (χ2v) is 6.01. The van der Waals surface area contributed by atoms with Crippen molar-refractivity contribution in [2.24, 2.45) is 0 Å². The van der Waals surface area contributed by atoms with Crippen LogP contribution in [0.4, 0.5) is 0 Å². The lowest BCUT2D eigenvalue weighted by atomic mass is 10.4. The lowest BCUT2D eigenvalue weighted by molar-refractivity contribution is 0.467. The summed E-state index contributed by atoms with van der Waals surface area (Å²) in [5.41, 5.74) is 0. The van der Waals surface area contributed by atoms with E-state index >= 15 is 0 Å². The van der Waals surface area contributed by atoms with Gasteiger partial charge in [0.2, 0.25) is 0 Å². The molecule has 1 aliphatic rings. The van der Waals surface area contributed by atoms with Gasteiger partial charge in [-0.3, -0.25) is 4.55 Å². The summed E-state index contributed by atoms with van der Waals surface area (Å²) in [6.07, 6.45) is 2.14. The van der Waals surface area contributed by atoms with E-state index in [0.29, 0.717) is 16.8 Å². The highest BCUT2D eigenvalue weighted by Gasteiger charge is 2.31. The minimum absolute atomic E-state index is 0.421. The Morgan fingerprint density at radius 2 is 2.00 bits per heavy atom. The highest BCUT2D eigenvalue weighted by atomic mass is 127. The third-order valence-corrected chi connectivity index (χ3v) is 4.14. The van der Waals surface area contributed by atoms with Gasteiger partial charge in [-0.1, -0.05) is 22.6 Å². The Labute approximate surface area is 74.1 Å². The van der Waals surface area contributed by atoms with Crippen LogP contribution in [0.2, 0.25) is 0 Å². The molecule has 0 aliphatic heterocycles.